The van der Waals surface area contributed by atoms with E-state index in [0.717, 1.165) is 45.9 Å². The number of halogens is 2. The lowest BCUT2D eigenvalue weighted by Gasteiger charge is -2.54. The summed E-state index contributed by atoms with van der Waals surface area (Å²) in [6.07, 6.45) is 1.42. The summed E-state index contributed by atoms with van der Waals surface area (Å²) < 4.78 is 49.7. The number of hydrogen-bond acceptors (Lipinski definition) is 8. The summed E-state index contributed by atoms with van der Waals surface area (Å²) in [5.74, 6) is 1.38. The molecular weight excluding hydrogens is 494 g/mol. The third kappa shape index (κ3) is 3.82. The Kier molecular flexibility index (Phi) is 6.02. The molecule has 1 fully saturated rings. The number of carbonyl (C=O) groups excluding carboxylic acids is 1. The molecule has 0 aliphatic carbocycles. The second kappa shape index (κ2) is 9.09. The highest BCUT2D eigenvalue weighted by atomic mass is 32.3. The van der Waals surface area contributed by atoms with E-state index in [4.69, 9.17) is 19.9 Å². The first kappa shape index (κ1) is 23.8. The van der Waals surface area contributed by atoms with Gasteiger partial charge < -0.3 is 24.7 Å². The maximum atomic E-state index is 14.0. The quantitative estimate of drug-likeness (QED) is 0.652. The van der Waals surface area contributed by atoms with Crippen LogP contribution in [0.25, 0.3) is 0 Å². The van der Waals surface area contributed by atoms with E-state index in [0.29, 0.717) is 37.0 Å². The molecule has 1 saturated heterocycles. The van der Waals surface area contributed by atoms with E-state index in [1.165, 1.54) is 6.07 Å². The van der Waals surface area contributed by atoms with Gasteiger partial charge in [-0.2, -0.15) is 8.78 Å². The molecular formula is C24H28F2N4O5S. The highest BCUT2D eigenvalue weighted by molar-refractivity contribution is 8.32. The molecule has 1 spiro atoms. The minimum absolute atomic E-state index is 0.0859. The molecule has 194 valence electrons. The number of fused-ring (bicyclic) bond motifs is 5. The molecule has 0 saturated carbocycles. The standard InChI is InChI=1S/C24H28F2N4O5S/c1-13-21-15(9-33-13)14-8-18(34-11-16(14)29-22(21)27)23(31)30-6-2-3-7-36(30)12-32-10-17-19(36)4-5-20(28-17)35-24(25)26/h4-5,13,18,24H,2-3,6-12H2,1H3,(H2,27,29)/t13-,18-/m1/s1. The van der Waals surface area contributed by atoms with Crippen molar-refractivity contribution < 1.29 is 32.5 Å². The largest absolute Gasteiger partial charge is 0.417 e. The predicted molar refractivity (Wildman–Crippen MR) is 126 cm³/mol. The minimum Gasteiger partial charge on any atom is -0.417 e. The van der Waals surface area contributed by atoms with Crippen LogP contribution < -0.4 is 10.5 Å². The Hall–Kier alpha value is -2.54. The van der Waals surface area contributed by atoms with Gasteiger partial charge in [0.05, 0.1) is 43.3 Å². The van der Waals surface area contributed by atoms with Gasteiger partial charge in [0.25, 0.3) is 5.91 Å². The molecule has 0 aromatic carbocycles. The van der Waals surface area contributed by atoms with E-state index in [2.05, 4.69) is 14.7 Å². The molecule has 2 aromatic rings. The smallest absolute Gasteiger partial charge is 0.388 e. The van der Waals surface area contributed by atoms with Crippen LogP contribution in [0.4, 0.5) is 14.6 Å². The van der Waals surface area contributed by atoms with E-state index in [1.807, 2.05) is 11.2 Å². The maximum Gasteiger partial charge on any atom is 0.388 e. The average Bonchev–Trinajstić information content (AvgIpc) is 3.26. The number of amides is 1. The van der Waals surface area contributed by atoms with Crippen molar-refractivity contribution in [3.63, 3.8) is 0 Å². The number of nitrogens with two attached hydrogens (primary N) is 1. The number of carbonyl (C=O) groups is 1. The van der Waals surface area contributed by atoms with E-state index >= 15 is 0 Å². The Labute approximate surface area is 208 Å². The lowest BCUT2D eigenvalue weighted by atomic mass is 9.93. The molecule has 9 nitrogen and oxygen atoms in total. The van der Waals surface area contributed by atoms with E-state index in [1.54, 1.807) is 6.07 Å². The summed E-state index contributed by atoms with van der Waals surface area (Å²) in [7, 11) is -1.88. The first-order valence-corrected chi connectivity index (χ1v) is 14.0. The number of alkyl halides is 2. The van der Waals surface area contributed by atoms with Crippen LogP contribution in [-0.4, -0.2) is 51.1 Å². The molecule has 6 heterocycles. The van der Waals surface area contributed by atoms with Gasteiger partial charge in [0.1, 0.15) is 11.9 Å². The van der Waals surface area contributed by atoms with E-state index in [9.17, 15) is 13.6 Å². The molecule has 3 atom stereocenters. The van der Waals surface area contributed by atoms with Crippen LogP contribution in [0.15, 0.2) is 17.0 Å². The number of aromatic nitrogens is 2. The zero-order valence-electron chi connectivity index (χ0n) is 19.9. The number of pyridine rings is 2. The number of ether oxygens (including phenoxy) is 4. The zero-order chi connectivity index (χ0) is 25.0. The van der Waals surface area contributed by atoms with Gasteiger partial charge in [-0.05, 0) is 37.0 Å². The van der Waals surface area contributed by atoms with Crippen molar-refractivity contribution in [3.8, 4) is 5.88 Å². The SMILES string of the molecule is C[C@H]1OCc2c3c(nc(N)c21)CO[C@@H](C(=O)N1CCCCS12COCc1nc(OC(F)F)ccc12)C3. The van der Waals surface area contributed by atoms with Crippen LogP contribution in [0, 0.1) is 0 Å². The molecule has 36 heavy (non-hydrogen) atoms. The molecule has 2 aromatic heterocycles. The second-order valence-corrected chi connectivity index (χ2v) is 12.6. The summed E-state index contributed by atoms with van der Waals surface area (Å²) in [6, 6.07) is 3.23. The lowest BCUT2D eigenvalue weighted by molar-refractivity contribution is -0.140. The lowest BCUT2D eigenvalue weighted by Crippen LogP contribution is -2.49. The van der Waals surface area contributed by atoms with Crippen molar-refractivity contribution in [2.75, 3.05) is 24.0 Å². The van der Waals surface area contributed by atoms with Crippen molar-refractivity contribution in [1.29, 1.82) is 0 Å². The van der Waals surface area contributed by atoms with Crippen LogP contribution in [0.1, 0.15) is 53.9 Å². The molecule has 6 rings (SSSR count). The normalized spacial score (nSPS) is 28.8. The van der Waals surface area contributed by atoms with E-state index < -0.39 is 22.9 Å². The van der Waals surface area contributed by atoms with Gasteiger partial charge in [0.2, 0.25) is 5.88 Å². The average molecular weight is 523 g/mol. The van der Waals surface area contributed by atoms with Crippen molar-refractivity contribution in [2.24, 2.45) is 0 Å². The van der Waals surface area contributed by atoms with Gasteiger partial charge in [-0.3, -0.25) is 9.10 Å². The fourth-order valence-corrected chi connectivity index (χ4v) is 9.60. The number of nitrogen functional groups attached to an aromatic ring is 1. The second-order valence-electron chi connectivity index (χ2n) is 9.40. The predicted octanol–water partition coefficient (Wildman–Crippen LogP) is 3.58. The minimum atomic E-state index is -2.96. The number of hydrogen-bond donors (Lipinski definition) is 1. The number of nitrogens with zero attached hydrogens (tertiary/aromatic N) is 3. The van der Waals surface area contributed by atoms with Crippen molar-refractivity contribution in [3.05, 3.63) is 40.2 Å². The summed E-state index contributed by atoms with van der Waals surface area (Å²) in [5, 5.41) is 0. The monoisotopic (exact) mass is 522 g/mol. The Bertz CT molecular complexity index is 1220. The molecule has 12 heteroatoms. The first-order chi connectivity index (χ1) is 17.4. The summed E-state index contributed by atoms with van der Waals surface area (Å²) in [6.45, 7) is 0.415. The van der Waals surface area contributed by atoms with Crippen LogP contribution in [0.3, 0.4) is 0 Å². The Morgan fingerprint density at radius 3 is 2.86 bits per heavy atom. The van der Waals surface area contributed by atoms with Crippen molar-refractivity contribution in [1.82, 2.24) is 14.3 Å². The van der Waals surface area contributed by atoms with Crippen LogP contribution >= 0.6 is 10.2 Å². The molecule has 0 bridgehead atoms. The van der Waals surface area contributed by atoms with Gasteiger partial charge in [0.15, 0.2) is 0 Å². The number of rotatable bonds is 3. The van der Waals surface area contributed by atoms with E-state index in [-0.39, 0.29) is 31.1 Å². The van der Waals surface area contributed by atoms with Gasteiger partial charge in [-0.15, -0.1) is 10.2 Å². The Morgan fingerprint density at radius 1 is 1.17 bits per heavy atom. The van der Waals surface area contributed by atoms with Crippen LogP contribution in [0.2, 0.25) is 0 Å². The first-order valence-electron chi connectivity index (χ1n) is 12.0. The fraction of sp³-hybridized carbons (Fsp3) is 0.542. The Balaban J connectivity index is 1.32. The molecule has 4 aliphatic heterocycles. The maximum absolute atomic E-state index is 14.0. The summed E-state index contributed by atoms with van der Waals surface area (Å²) in [4.78, 5) is 23.8. The topological polar surface area (TPSA) is 109 Å². The van der Waals surface area contributed by atoms with Crippen molar-refractivity contribution >= 4 is 21.9 Å². The van der Waals surface area contributed by atoms with Gasteiger partial charge in [-0.25, -0.2) is 9.97 Å². The molecule has 2 N–H and O–H groups in total. The van der Waals surface area contributed by atoms with Crippen LogP contribution in [-0.2, 0) is 45.2 Å². The highest BCUT2D eigenvalue weighted by Gasteiger charge is 2.46. The Morgan fingerprint density at radius 2 is 2.03 bits per heavy atom. The third-order valence-corrected chi connectivity index (χ3v) is 11.3. The molecule has 1 amide bonds. The zero-order valence-corrected chi connectivity index (χ0v) is 20.7. The molecule has 1 unspecified atom stereocenters. The molecule has 4 aliphatic rings. The number of anilines is 1. The fourth-order valence-electron chi connectivity index (χ4n) is 5.71. The van der Waals surface area contributed by atoms with Gasteiger partial charge in [-0.1, -0.05) is 0 Å². The van der Waals surface area contributed by atoms with Crippen LogP contribution in [0.5, 0.6) is 5.88 Å². The van der Waals surface area contributed by atoms with Crippen molar-refractivity contribution in [2.45, 2.75) is 69.7 Å². The van der Waals surface area contributed by atoms with Gasteiger partial charge in [0, 0.05) is 35.2 Å². The summed E-state index contributed by atoms with van der Waals surface area (Å²) >= 11 is 0. The summed E-state index contributed by atoms with van der Waals surface area (Å²) in [5.41, 5.74) is 10.4. The highest BCUT2D eigenvalue weighted by Crippen LogP contribution is 2.64. The molecule has 0 radical (unpaired) electrons. The third-order valence-electron chi connectivity index (χ3n) is 7.34. The van der Waals surface area contributed by atoms with Gasteiger partial charge >= 0.3 is 6.61 Å².